The third kappa shape index (κ3) is 6.87. The van der Waals surface area contributed by atoms with Crippen LogP contribution in [0.15, 0.2) is 12.1 Å². The van der Waals surface area contributed by atoms with Crippen LogP contribution in [-0.2, 0) is 12.8 Å². The maximum Gasteiger partial charge on any atom is 0.0278 e. The lowest BCUT2D eigenvalue weighted by atomic mass is 9.97. The van der Waals surface area contributed by atoms with Crippen molar-refractivity contribution in [3.05, 3.63) is 32.4 Å². The lowest BCUT2D eigenvalue weighted by Crippen LogP contribution is -1.98. The van der Waals surface area contributed by atoms with Crippen LogP contribution in [0.4, 0.5) is 0 Å². The molecular weight excluding hydrogens is 367 g/mol. The molecule has 0 atom stereocenters. The van der Waals surface area contributed by atoms with Gasteiger partial charge in [0.1, 0.15) is 0 Å². The van der Waals surface area contributed by atoms with Gasteiger partial charge in [-0.3, -0.25) is 0 Å². The summed E-state index contributed by atoms with van der Waals surface area (Å²) in [6.07, 6.45) is 18.5. The number of terminal acetylenes is 1. The van der Waals surface area contributed by atoms with E-state index in [-0.39, 0.29) is 0 Å². The van der Waals surface area contributed by atoms with Crippen LogP contribution in [0.3, 0.4) is 0 Å². The van der Waals surface area contributed by atoms with E-state index >= 15 is 0 Å². The van der Waals surface area contributed by atoms with Crippen molar-refractivity contribution in [2.24, 2.45) is 0 Å². The summed E-state index contributed by atoms with van der Waals surface area (Å²) >= 11 is 2.48. The lowest BCUT2D eigenvalue weighted by molar-refractivity contribution is 0.662. The molecule has 0 amide bonds. The van der Waals surface area contributed by atoms with Crippen LogP contribution in [0.1, 0.15) is 81.9 Å². The Labute approximate surface area is 145 Å². The fourth-order valence-electron chi connectivity index (χ4n) is 2.68. The fraction of sp³-hybridized carbons (Fsp3) is 0.600. The predicted molar refractivity (Wildman–Crippen MR) is 103 cm³/mol. The number of benzene rings is 1. The Kier molecular flexibility index (Phi) is 9.83. The summed E-state index contributed by atoms with van der Waals surface area (Å²) in [5, 5.41) is 0. The maximum atomic E-state index is 5.72. The van der Waals surface area contributed by atoms with Gasteiger partial charge in [0.2, 0.25) is 0 Å². The van der Waals surface area contributed by atoms with Crippen LogP contribution in [-0.4, -0.2) is 0 Å². The molecule has 21 heavy (non-hydrogen) atoms. The average molecular weight is 396 g/mol. The number of hydrogen-bond donors (Lipinski definition) is 0. The third-order valence-electron chi connectivity index (χ3n) is 4.03. The van der Waals surface area contributed by atoms with Gasteiger partial charge in [0.15, 0.2) is 0 Å². The summed E-state index contributed by atoms with van der Waals surface area (Å²) in [4.78, 5) is 0. The zero-order valence-electron chi connectivity index (χ0n) is 13.7. The van der Waals surface area contributed by atoms with E-state index in [2.05, 4.69) is 54.5 Å². The molecule has 1 heteroatoms. The highest BCUT2D eigenvalue weighted by atomic mass is 127. The molecule has 0 aliphatic rings. The molecule has 0 nitrogen and oxygen atoms in total. The van der Waals surface area contributed by atoms with Crippen LogP contribution < -0.4 is 0 Å². The molecule has 0 spiro atoms. The number of aryl methyl sites for hydroxylation is 2. The van der Waals surface area contributed by atoms with Crippen LogP contribution in [0, 0.1) is 15.9 Å². The molecule has 1 aromatic rings. The second-order valence-corrected chi connectivity index (χ2v) is 7.03. The topological polar surface area (TPSA) is 0 Å². The quantitative estimate of drug-likeness (QED) is 0.240. The molecule has 0 aromatic heterocycles. The molecular formula is C20H29I. The number of hydrogen-bond acceptors (Lipinski definition) is 0. The van der Waals surface area contributed by atoms with Crippen molar-refractivity contribution < 1.29 is 0 Å². The predicted octanol–water partition coefficient (Wildman–Crippen LogP) is 6.52. The van der Waals surface area contributed by atoms with Crippen LogP contribution >= 0.6 is 22.6 Å². The summed E-state index contributed by atoms with van der Waals surface area (Å²) in [6, 6.07) is 4.60. The minimum atomic E-state index is 1.12. The second-order valence-electron chi connectivity index (χ2n) is 5.87. The summed E-state index contributed by atoms with van der Waals surface area (Å²) < 4.78 is 1.40. The molecule has 0 saturated carbocycles. The van der Waals surface area contributed by atoms with E-state index in [9.17, 15) is 0 Å². The first-order valence-electron chi connectivity index (χ1n) is 8.50. The Hall–Kier alpha value is -0.490. The molecule has 1 rings (SSSR count). The molecule has 0 heterocycles. The normalized spacial score (nSPS) is 10.6. The summed E-state index contributed by atoms with van der Waals surface area (Å²) in [5.74, 6) is 2.90. The molecule has 0 saturated heterocycles. The Balaban J connectivity index is 2.66. The standard InChI is InChI=1S/C20H29I/c1-4-7-9-11-13-18-16-20(21)19(15-17(18)6-3)14-12-10-8-5-2/h3,15-16H,4-5,7-14H2,1-2H3. The van der Waals surface area contributed by atoms with E-state index in [0.29, 0.717) is 0 Å². The van der Waals surface area contributed by atoms with Crippen molar-refractivity contribution >= 4 is 22.6 Å². The number of halogens is 1. The zero-order valence-corrected chi connectivity index (χ0v) is 15.8. The van der Waals surface area contributed by atoms with Crippen molar-refractivity contribution in [3.8, 4) is 12.3 Å². The van der Waals surface area contributed by atoms with Gasteiger partial charge in [0.05, 0.1) is 0 Å². The molecule has 0 aliphatic carbocycles. The number of rotatable bonds is 10. The highest BCUT2D eigenvalue weighted by Gasteiger charge is 2.07. The summed E-state index contributed by atoms with van der Waals surface area (Å²) in [7, 11) is 0. The maximum absolute atomic E-state index is 5.72. The molecule has 0 unspecified atom stereocenters. The molecule has 0 fully saturated rings. The Morgan fingerprint density at radius 3 is 1.95 bits per heavy atom. The highest BCUT2D eigenvalue weighted by molar-refractivity contribution is 14.1. The Bertz CT molecular complexity index is 454. The monoisotopic (exact) mass is 396 g/mol. The Morgan fingerprint density at radius 1 is 0.857 bits per heavy atom. The average Bonchev–Trinajstić information content (AvgIpc) is 2.49. The minimum Gasteiger partial charge on any atom is -0.115 e. The van der Waals surface area contributed by atoms with Crippen LogP contribution in [0.5, 0.6) is 0 Å². The summed E-state index contributed by atoms with van der Waals surface area (Å²) in [6.45, 7) is 4.51. The van der Waals surface area contributed by atoms with E-state index in [1.54, 1.807) is 0 Å². The first-order valence-corrected chi connectivity index (χ1v) is 9.58. The van der Waals surface area contributed by atoms with E-state index in [4.69, 9.17) is 6.42 Å². The largest absolute Gasteiger partial charge is 0.115 e. The van der Waals surface area contributed by atoms with Crippen molar-refractivity contribution in [1.82, 2.24) is 0 Å². The van der Waals surface area contributed by atoms with Gasteiger partial charge in [-0.1, -0.05) is 58.3 Å². The summed E-state index contributed by atoms with van der Waals surface area (Å²) in [5.41, 5.74) is 3.93. The van der Waals surface area contributed by atoms with Gasteiger partial charge in [0.25, 0.3) is 0 Å². The molecule has 0 aliphatic heterocycles. The van der Waals surface area contributed by atoms with E-state index in [1.165, 1.54) is 72.5 Å². The van der Waals surface area contributed by atoms with E-state index in [1.807, 2.05) is 0 Å². The fourth-order valence-corrected chi connectivity index (χ4v) is 3.48. The number of unbranched alkanes of at least 4 members (excludes halogenated alkanes) is 6. The zero-order chi connectivity index (χ0) is 15.5. The third-order valence-corrected chi connectivity index (χ3v) is 5.03. The Morgan fingerprint density at radius 2 is 1.43 bits per heavy atom. The van der Waals surface area contributed by atoms with Crippen molar-refractivity contribution in [3.63, 3.8) is 0 Å². The smallest absolute Gasteiger partial charge is 0.0278 e. The van der Waals surface area contributed by atoms with Gasteiger partial charge in [-0.15, -0.1) is 6.42 Å². The van der Waals surface area contributed by atoms with Gasteiger partial charge in [0, 0.05) is 9.13 Å². The molecule has 0 radical (unpaired) electrons. The molecule has 0 bridgehead atoms. The van der Waals surface area contributed by atoms with Gasteiger partial charge in [-0.25, -0.2) is 0 Å². The van der Waals surface area contributed by atoms with Crippen LogP contribution in [0.2, 0.25) is 0 Å². The van der Waals surface area contributed by atoms with Crippen molar-refractivity contribution in [2.45, 2.75) is 78.1 Å². The van der Waals surface area contributed by atoms with Gasteiger partial charge < -0.3 is 0 Å². The first kappa shape index (κ1) is 18.6. The SMILES string of the molecule is C#Cc1cc(CCCCCC)c(I)cc1CCCCCC. The highest BCUT2D eigenvalue weighted by Crippen LogP contribution is 2.22. The minimum absolute atomic E-state index is 1.12. The molecule has 0 N–H and O–H groups in total. The first-order chi connectivity index (χ1) is 10.2. The van der Waals surface area contributed by atoms with Gasteiger partial charge >= 0.3 is 0 Å². The molecule has 1 aromatic carbocycles. The van der Waals surface area contributed by atoms with E-state index in [0.717, 1.165) is 12.0 Å². The van der Waals surface area contributed by atoms with Crippen molar-refractivity contribution in [1.29, 1.82) is 0 Å². The van der Waals surface area contributed by atoms with Gasteiger partial charge in [-0.05, 0) is 71.5 Å². The molecule has 116 valence electrons. The van der Waals surface area contributed by atoms with Crippen LogP contribution in [0.25, 0.3) is 0 Å². The van der Waals surface area contributed by atoms with E-state index < -0.39 is 0 Å². The second kappa shape index (κ2) is 11.1. The van der Waals surface area contributed by atoms with Crippen molar-refractivity contribution in [2.75, 3.05) is 0 Å². The van der Waals surface area contributed by atoms with Gasteiger partial charge in [-0.2, -0.15) is 0 Å². The lowest BCUT2D eigenvalue weighted by Gasteiger charge is -2.11.